The van der Waals surface area contributed by atoms with Crippen molar-refractivity contribution in [3.05, 3.63) is 83.9 Å². The quantitative estimate of drug-likeness (QED) is 0.197. The third-order valence-corrected chi connectivity index (χ3v) is 16.0. The summed E-state index contributed by atoms with van der Waals surface area (Å²) in [6.45, 7) is 27.4. The Kier molecular flexibility index (Phi) is 9.94. The van der Waals surface area contributed by atoms with Crippen LogP contribution in [0.3, 0.4) is 0 Å². The fourth-order valence-electron chi connectivity index (χ4n) is 12.5. The second-order valence-electron chi connectivity index (χ2n) is 20.6. The van der Waals surface area contributed by atoms with Crippen molar-refractivity contribution in [1.82, 2.24) is 0 Å². The Morgan fingerprint density at radius 1 is 0.596 bits per heavy atom. The van der Waals surface area contributed by atoms with Crippen molar-refractivity contribution in [2.75, 3.05) is 0 Å². The lowest BCUT2D eigenvalue weighted by molar-refractivity contribution is 0.0542. The highest BCUT2D eigenvalue weighted by Crippen LogP contribution is 2.69. The van der Waals surface area contributed by atoms with Crippen LogP contribution >= 0.6 is 0 Å². The van der Waals surface area contributed by atoms with Gasteiger partial charge in [0, 0.05) is 13.5 Å². The molecule has 0 aromatic heterocycles. The van der Waals surface area contributed by atoms with E-state index in [4.69, 9.17) is 0 Å². The summed E-state index contributed by atoms with van der Waals surface area (Å²) in [7, 11) is -1.15. The lowest BCUT2D eigenvalue weighted by atomic mass is 9.51. The minimum absolute atomic E-state index is 0.0862. The zero-order valence-corrected chi connectivity index (χ0v) is 33.0. The van der Waals surface area contributed by atoms with Gasteiger partial charge in [0.1, 0.15) is 0 Å². The normalized spacial score (nSPS) is 33.3. The second-order valence-corrected chi connectivity index (χ2v) is 26.1. The maximum absolute atomic E-state index is 4.68. The summed E-state index contributed by atoms with van der Waals surface area (Å²) in [4.78, 5) is 0. The molecule has 0 saturated heterocycles. The van der Waals surface area contributed by atoms with Gasteiger partial charge in [-0.1, -0.05) is 127 Å². The fraction of sp³-hybridized carbons (Fsp3) is 0.696. The molecular formula is C46H70Si. The molecule has 4 aliphatic carbocycles. The standard InChI is InChI=1S/C46H70Si/c1-32(31-47(8,9)10)27-33-21-22-38(28-33)46(34-17-13-11-14-18-34,35-19-15-12-16-20-35)43-39-25-23-36(44(2,3)4)29-41(39)42-30-37(45(5,6)7)24-26-40(42)43/h11-20,33,36-43H,1,21-31H2,2-10H3. The van der Waals surface area contributed by atoms with Crippen molar-refractivity contribution in [3.8, 4) is 0 Å². The Morgan fingerprint density at radius 3 is 1.47 bits per heavy atom. The van der Waals surface area contributed by atoms with Crippen LogP contribution in [0.25, 0.3) is 0 Å². The van der Waals surface area contributed by atoms with Gasteiger partial charge in [-0.2, -0.15) is 0 Å². The van der Waals surface area contributed by atoms with Crippen molar-refractivity contribution >= 4 is 8.07 Å². The van der Waals surface area contributed by atoms with Crippen molar-refractivity contribution in [2.24, 2.45) is 64.1 Å². The van der Waals surface area contributed by atoms with E-state index in [0.717, 1.165) is 47.3 Å². The minimum atomic E-state index is -1.15. The topological polar surface area (TPSA) is 0 Å². The van der Waals surface area contributed by atoms with Crippen LogP contribution in [-0.4, -0.2) is 8.07 Å². The average Bonchev–Trinajstić information content (AvgIpc) is 3.59. The Bertz CT molecular complexity index is 1260. The van der Waals surface area contributed by atoms with Gasteiger partial charge in [0.05, 0.1) is 0 Å². The van der Waals surface area contributed by atoms with Crippen LogP contribution in [0, 0.1) is 64.1 Å². The number of allylic oxidation sites excluding steroid dienone is 1. The van der Waals surface area contributed by atoms with Gasteiger partial charge in [-0.15, -0.1) is 6.58 Å². The lowest BCUT2D eigenvalue weighted by Gasteiger charge is -2.52. The Labute approximate surface area is 292 Å². The molecule has 47 heavy (non-hydrogen) atoms. The second kappa shape index (κ2) is 13.3. The molecule has 0 N–H and O–H groups in total. The van der Waals surface area contributed by atoms with Gasteiger partial charge in [-0.05, 0) is 145 Å². The first-order valence-corrected chi connectivity index (χ1v) is 23.6. The molecule has 258 valence electrons. The smallest absolute Gasteiger partial charge is 0.0483 e. The van der Waals surface area contributed by atoms with Gasteiger partial charge in [0.2, 0.25) is 0 Å². The summed E-state index contributed by atoms with van der Waals surface area (Å²) in [6.07, 6.45) is 14.0. The highest BCUT2D eigenvalue weighted by Gasteiger charge is 2.63. The van der Waals surface area contributed by atoms with E-state index >= 15 is 0 Å². The molecule has 8 atom stereocenters. The van der Waals surface area contributed by atoms with Crippen LogP contribution in [0.5, 0.6) is 0 Å². The highest BCUT2D eigenvalue weighted by atomic mass is 28.3. The molecule has 0 heterocycles. The minimum Gasteiger partial charge on any atom is -0.100 e. The van der Waals surface area contributed by atoms with Crippen molar-refractivity contribution in [3.63, 3.8) is 0 Å². The maximum Gasteiger partial charge on any atom is 0.0483 e. The first-order chi connectivity index (χ1) is 22.1. The van der Waals surface area contributed by atoms with Crippen LogP contribution in [0.2, 0.25) is 25.7 Å². The van der Waals surface area contributed by atoms with Crippen LogP contribution in [0.1, 0.15) is 117 Å². The SMILES string of the molecule is C=C(CC1CCC(C(c2ccccc2)(c2ccccc2)C2C3CCC(C(C)(C)C)CC3C3CC(C(C)(C)C)CCC32)C1)C[Si](C)(C)C. The molecule has 0 nitrogen and oxygen atoms in total. The summed E-state index contributed by atoms with van der Waals surface area (Å²) in [5, 5.41) is 0. The molecule has 4 saturated carbocycles. The fourth-order valence-corrected chi connectivity index (χ4v) is 14.2. The molecule has 0 radical (unpaired) electrons. The molecule has 0 bridgehead atoms. The average molecular weight is 651 g/mol. The van der Waals surface area contributed by atoms with Crippen LogP contribution < -0.4 is 0 Å². The predicted molar refractivity (Wildman–Crippen MR) is 207 cm³/mol. The molecule has 8 unspecified atom stereocenters. The van der Waals surface area contributed by atoms with E-state index in [1.807, 2.05) is 0 Å². The van der Waals surface area contributed by atoms with Crippen LogP contribution in [-0.2, 0) is 5.41 Å². The molecule has 6 rings (SSSR count). The van der Waals surface area contributed by atoms with E-state index in [0.29, 0.717) is 16.7 Å². The number of benzene rings is 2. The number of fused-ring (bicyclic) bond motifs is 3. The summed E-state index contributed by atoms with van der Waals surface area (Å²) in [5.41, 5.74) is 5.72. The monoisotopic (exact) mass is 651 g/mol. The van der Waals surface area contributed by atoms with Crippen LogP contribution in [0.15, 0.2) is 72.8 Å². The Hall–Kier alpha value is -1.60. The first-order valence-electron chi connectivity index (χ1n) is 19.9. The number of hydrogen-bond donors (Lipinski definition) is 0. The predicted octanol–water partition coefficient (Wildman–Crippen LogP) is 13.5. The summed E-state index contributed by atoms with van der Waals surface area (Å²) in [5.74, 6) is 7.37. The zero-order valence-electron chi connectivity index (χ0n) is 32.0. The maximum atomic E-state index is 4.68. The van der Waals surface area contributed by atoms with E-state index in [2.05, 4.69) is 128 Å². The first kappa shape index (κ1) is 35.2. The van der Waals surface area contributed by atoms with Gasteiger partial charge in [-0.25, -0.2) is 0 Å². The van der Waals surface area contributed by atoms with Gasteiger partial charge in [-0.3, -0.25) is 0 Å². The third-order valence-electron chi connectivity index (χ3n) is 14.4. The van der Waals surface area contributed by atoms with Gasteiger partial charge >= 0.3 is 0 Å². The van der Waals surface area contributed by atoms with E-state index in [-0.39, 0.29) is 5.41 Å². The molecule has 2 aromatic carbocycles. The summed E-state index contributed by atoms with van der Waals surface area (Å²) < 4.78 is 0. The molecule has 0 aliphatic heterocycles. The molecule has 0 amide bonds. The van der Waals surface area contributed by atoms with Gasteiger partial charge in [0.25, 0.3) is 0 Å². The van der Waals surface area contributed by atoms with E-state index < -0.39 is 8.07 Å². The number of hydrogen-bond acceptors (Lipinski definition) is 0. The molecule has 0 spiro atoms. The molecule has 2 aromatic rings. The number of rotatable bonds is 8. The van der Waals surface area contributed by atoms with E-state index in [1.54, 1.807) is 16.7 Å². The largest absolute Gasteiger partial charge is 0.100 e. The van der Waals surface area contributed by atoms with Gasteiger partial charge in [0.15, 0.2) is 0 Å². The molecule has 1 heteroatoms. The molecular weight excluding hydrogens is 581 g/mol. The van der Waals surface area contributed by atoms with E-state index in [1.165, 1.54) is 70.3 Å². The zero-order chi connectivity index (χ0) is 33.8. The highest BCUT2D eigenvalue weighted by molar-refractivity contribution is 6.76. The van der Waals surface area contributed by atoms with Crippen molar-refractivity contribution < 1.29 is 0 Å². The summed E-state index contributed by atoms with van der Waals surface area (Å²) in [6, 6.07) is 25.5. The molecule has 4 aliphatic rings. The van der Waals surface area contributed by atoms with Crippen LogP contribution in [0.4, 0.5) is 0 Å². The lowest BCUT2D eigenvalue weighted by Crippen LogP contribution is -2.48. The summed E-state index contributed by atoms with van der Waals surface area (Å²) >= 11 is 0. The van der Waals surface area contributed by atoms with Crippen molar-refractivity contribution in [1.29, 1.82) is 0 Å². The third kappa shape index (κ3) is 7.05. The molecule has 4 fully saturated rings. The van der Waals surface area contributed by atoms with E-state index in [9.17, 15) is 0 Å². The van der Waals surface area contributed by atoms with Gasteiger partial charge < -0.3 is 0 Å². The Balaban J connectivity index is 1.47. The van der Waals surface area contributed by atoms with Crippen molar-refractivity contribution in [2.45, 2.75) is 137 Å². The Morgan fingerprint density at radius 2 is 1.04 bits per heavy atom.